The van der Waals surface area contributed by atoms with Crippen LogP contribution in [0.3, 0.4) is 0 Å². The average Bonchev–Trinajstić information content (AvgIpc) is 2.69. The summed E-state index contributed by atoms with van der Waals surface area (Å²) < 4.78 is 0. The van der Waals surface area contributed by atoms with Gasteiger partial charge in [0.2, 0.25) is 0 Å². The Kier molecular flexibility index (Phi) is 17.2. The molecule has 0 aliphatic carbocycles. The number of rotatable bonds is 14. The van der Waals surface area contributed by atoms with Gasteiger partial charge in [-0.25, -0.2) is 4.79 Å². The second-order valence-corrected chi connectivity index (χ2v) is 9.26. The molecule has 0 heterocycles. The van der Waals surface area contributed by atoms with Crippen LogP contribution in [0.15, 0.2) is 42.0 Å². The third kappa shape index (κ3) is 17.3. The summed E-state index contributed by atoms with van der Waals surface area (Å²) in [5.74, 6) is 1.75. The Morgan fingerprint density at radius 1 is 0.867 bits per heavy atom. The number of aliphatic hydroxyl groups is 1. The molecule has 0 aliphatic heterocycles. The van der Waals surface area contributed by atoms with E-state index in [-0.39, 0.29) is 6.61 Å². The zero-order valence-electron chi connectivity index (χ0n) is 20.1. The average molecular weight is 419 g/mol. The first-order valence-electron chi connectivity index (χ1n) is 11.8. The molecule has 3 nitrogen and oxygen atoms in total. The summed E-state index contributed by atoms with van der Waals surface area (Å²) >= 11 is 0. The number of aliphatic hydroxyl groups excluding tert-OH is 1. The van der Waals surface area contributed by atoms with Gasteiger partial charge in [0.15, 0.2) is 0 Å². The molecule has 0 radical (unpaired) electrons. The lowest BCUT2D eigenvalue weighted by atomic mass is 9.91. The van der Waals surface area contributed by atoms with Gasteiger partial charge in [0.1, 0.15) is 0 Å². The zero-order chi connectivity index (χ0) is 22.8. The second-order valence-electron chi connectivity index (χ2n) is 9.26. The SMILES string of the molecule is C/C(=C\CO)CCCC(C)CCCC(C)CCCC(C)C.O=C(O)c1ccccc1. The number of allylic oxidation sites excluding steroid dienone is 1. The normalized spacial score (nSPS) is 13.5. The molecular weight excluding hydrogens is 372 g/mol. The summed E-state index contributed by atoms with van der Waals surface area (Å²) in [5.41, 5.74) is 1.67. The van der Waals surface area contributed by atoms with E-state index >= 15 is 0 Å². The van der Waals surface area contributed by atoms with E-state index in [1.54, 1.807) is 30.3 Å². The molecule has 2 atom stereocenters. The first-order chi connectivity index (χ1) is 14.3. The molecule has 2 N–H and O–H groups in total. The molecule has 0 aromatic heterocycles. The fraction of sp³-hybridized carbons (Fsp3) is 0.667. The molecule has 0 bridgehead atoms. The molecule has 0 spiro atoms. The van der Waals surface area contributed by atoms with Crippen molar-refractivity contribution >= 4 is 5.97 Å². The summed E-state index contributed by atoms with van der Waals surface area (Å²) in [6.45, 7) is 11.8. The number of carboxylic acids is 1. The van der Waals surface area contributed by atoms with Crippen LogP contribution in [0.2, 0.25) is 0 Å². The van der Waals surface area contributed by atoms with Gasteiger partial charge >= 0.3 is 5.97 Å². The van der Waals surface area contributed by atoms with Gasteiger partial charge < -0.3 is 10.2 Å². The molecule has 2 unspecified atom stereocenters. The minimum Gasteiger partial charge on any atom is -0.478 e. The maximum Gasteiger partial charge on any atom is 0.335 e. The second kappa shape index (κ2) is 18.2. The van der Waals surface area contributed by atoms with Gasteiger partial charge in [0.05, 0.1) is 12.2 Å². The van der Waals surface area contributed by atoms with Crippen LogP contribution in [0, 0.1) is 17.8 Å². The van der Waals surface area contributed by atoms with Crippen LogP contribution in [-0.4, -0.2) is 22.8 Å². The first kappa shape index (κ1) is 28.4. The standard InChI is InChI=1S/C20H40O.C7H6O2/c1-17(2)9-6-10-18(3)11-7-12-19(4)13-8-14-20(5)15-16-21;8-7(9)6-4-2-1-3-5-6/h15,17-19,21H,6-14,16H2,1-5H3;1-5H,(H,8,9)/b20-15+;. The Bertz CT molecular complexity index is 563. The number of hydrogen-bond donors (Lipinski definition) is 2. The third-order valence-corrected chi connectivity index (χ3v) is 5.60. The van der Waals surface area contributed by atoms with Crippen molar-refractivity contribution in [2.24, 2.45) is 17.8 Å². The Labute approximate surface area is 185 Å². The van der Waals surface area contributed by atoms with Crippen molar-refractivity contribution in [1.82, 2.24) is 0 Å². The molecule has 0 saturated heterocycles. The molecule has 3 heteroatoms. The van der Waals surface area contributed by atoms with Crippen molar-refractivity contribution in [3.63, 3.8) is 0 Å². The molecule has 30 heavy (non-hydrogen) atoms. The molecule has 0 amide bonds. The highest BCUT2D eigenvalue weighted by Crippen LogP contribution is 2.21. The van der Waals surface area contributed by atoms with E-state index in [0.717, 1.165) is 24.2 Å². The predicted molar refractivity (Wildman–Crippen MR) is 129 cm³/mol. The number of aromatic carboxylic acids is 1. The van der Waals surface area contributed by atoms with E-state index in [9.17, 15) is 4.79 Å². The van der Waals surface area contributed by atoms with Crippen LogP contribution < -0.4 is 0 Å². The van der Waals surface area contributed by atoms with Gasteiger partial charge in [-0.1, -0.05) is 102 Å². The maximum absolute atomic E-state index is 10.2. The van der Waals surface area contributed by atoms with E-state index in [1.807, 2.05) is 6.08 Å². The Morgan fingerprint density at radius 2 is 1.37 bits per heavy atom. The summed E-state index contributed by atoms with van der Waals surface area (Å²) in [6, 6.07) is 8.30. The molecule has 1 aromatic carbocycles. The van der Waals surface area contributed by atoms with Gasteiger partial charge in [-0.3, -0.25) is 0 Å². The third-order valence-electron chi connectivity index (χ3n) is 5.60. The molecule has 0 fully saturated rings. The monoisotopic (exact) mass is 418 g/mol. The van der Waals surface area contributed by atoms with Gasteiger partial charge in [-0.05, 0) is 49.7 Å². The van der Waals surface area contributed by atoms with Crippen molar-refractivity contribution < 1.29 is 15.0 Å². The number of hydrogen-bond acceptors (Lipinski definition) is 2. The zero-order valence-corrected chi connectivity index (χ0v) is 20.1. The predicted octanol–water partition coefficient (Wildman–Crippen LogP) is 7.75. The van der Waals surface area contributed by atoms with Crippen LogP contribution in [0.4, 0.5) is 0 Å². The Hall–Kier alpha value is -1.61. The summed E-state index contributed by atoms with van der Waals surface area (Å²) in [4.78, 5) is 10.2. The molecule has 1 aromatic rings. The fourth-order valence-electron chi connectivity index (χ4n) is 3.55. The van der Waals surface area contributed by atoms with Gasteiger partial charge in [0.25, 0.3) is 0 Å². The van der Waals surface area contributed by atoms with Gasteiger partial charge in [0, 0.05) is 0 Å². The van der Waals surface area contributed by atoms with Gasteiger partial charge in [-0.15, -0.1) is 0 Å². The highest BCUT2D eigenvalue weighted by molar-refractivity contribution is 5.87. The minimum absolute atomic E-state index is 0.191. The highest BCUT2D eigenvalue weighted by atomic mass is 16.4. The van der Waals surface area contributed by atoms with E-state index in [0.29, 0.717) is 5.56 Å². The van der Waals surface area contributed by atoms with Crippen LogP contribution in [0.5, 0.6) is 0 Å². The first-order valence-corrected chi connectivity index (χ1v) is 11.8. The van der Waals surface area contributed by atoms with E-state index in [1.165, 1.54) is 56.9 Å². The summed E-state index contributed by atoms with van der Waals surface area (Å²) in [5, 5.41) is 17.2. The van der Waals surface area contributed by atoms with Crippen LogP contribution in [0.25, 0.3) is 0 Å². The molecular formula is C27H46O3. The van der Waals surface area contributed by atoms with Crippen LogP contribution in [0.1, 0.15) is 103 Å². The van der Waals surface area contributed by atoms with Crippen molar-refractivity contribution in [3.8, 4) is 0 Å². The molecule has 1 rings (SSSR count). The lowest BCUT2D eigenvalue weighted by molar-refractivity contribution is 0.0697. The van der Waals surface area contributed by atoms with E-state index in [4.69, 9.17) is 10.2 Å². The Morgan fingerprint density at radius 3 is 1.80 bits per heavy atom. The summed E-state index contributed by atoms with van der Waals surface area (Å²) in [7, 11) is 0. The number of benzene rings is 1. The van der Waals surface area contributed by atoms with Crippen LogP contribution >= 0.6 is 0 Å². The summed E-state index contributed by atoms with van der Waals surface area (Å²) in [6.07, 6.45) is 14.1. The van der Waals surface area contributed by atoms with Crippen molar-refractivity contribution in [2.75, 3.05) is 6.61 Å². The number of carboxylic acid groups (broad SMARTS) is 1. The highest BCUT2D eigenvalue weighted by Gasteiger charge is 2.06. The maximum atomic E-state index is 10.2. The van der Waals surface area contributed by atoms with Crippen LogP contribution in [-0.2, 0) is 0 Å². The smallest absolute Gasteiger partial charge is 0.335 e. The van der Waals surface area contributed by atoms with E-state index in [2.05, 4.69) is 34.6 Å². The number of carbonyl (C=O) groups is 1. The lowest BCUT2D eigenvalue weighted by Gasteiger charge is -2.15. The Balaban J connectivity index is 0.000000769. The molecule has 172 valence electrons. The van der Waals surface area contributed by atoms with Gasteiger partial charge in [-0.2, -0.15) is 0 Å². The van der Waals surface area contributed by atoms with Crippen molar-refractivity contribution in [2.45, 2.75) is 92.4 Å². The fourth-order valence-corrected chi connectivity index (χ4v) is 3.55. The molecule has 0 saturated carbocycles. The topological polar surface area (TPSA) is 57.5 Å². The quantitative estimate of drug-likeness (QED) is 0.304. The minimum atomic E-state index is -0.879. The molecule has 0 aliphatic rings. The van der Waals surface area contributed by atoms with Crippen molar-refractivity contribution in [3.05, 3.63) is 47.5 Å². The van der Waals surface area contributed by atoms with Crippen molar-refractivity contribution in [1.29, 1.82) is 0 Å². The lowest BCUT2D eigenvalue weighted by Crippen LogP contribution is -2.00. The van der Waals surface area contributed by atoms with E-state index < -0.39 is 5.97 Å². The largest absolute Gasteiger partial charge is 0.478 e.